The molecule has 2 aromatic carbocycles. The number of ether oxygens (including phenoxy) is 3. The molecule has 6 unspecified atom stereocenters. The van der Waals surface area contributed by atoms with E-state index in [0.717, 1.165) is 13.2 Å². The first-order valence-electron chi connectivity index (χ1n) is 11.8. The van der Waals surface area contributed by atoms with Gasteiger partial charge in [-0.2, -0.15) is 0 Å². The van der Waals surface area contributed by atoms with Crippen molar-refractivity contribution in [1.82, 2.24) is 5.32 Å². The lowest BCUT2D eigenvalue weighted by molar-refractivity contribution is -0.843. The van der Waals surface area contributed by atoms with E-state index >= 15 is 0 Å². The molecule has 196 valence electrons. The van der Waals surface area contributed by atoms with Gasteiger partial charge in [0.1, 0.15) is 47.9 Å². The topological polar surface area (TPSA) is 162 Å². The molecule has 36 heavy (non-hydrogen) atoms. The number of carbonyl (C=O) groups is 1. The van der Waals surface area contributed by atoms with Gasteiger partial charge in [0.15, 0.2) is 12.5 Å². The van der Waals surface area contributed by atoms with Gasteiger partial charge in [-0.25, -0.2) is 0 Å². The van der Waals surface area contributed by atoms with E-state index in [2.05, 4.69) is 5.32 Å². The Morgan fingerprint density at radius 2 is 1.97 bits per heavy atom. The summed E-state index contributed by atoms with van der Waals surface area (Å²) in [4.78, 5) is 14.3. The highest BCUT2D eigenvalue weighted by Gasteiger charge is 2.45. The average Bonchev–Trinajstić information content (AvgIpc) is 3.37. The van der Waals surface area contributed by atoms with Gasteiger partial charge in [-0.3, -0.25) is 9.69 Å². The van der Waals surface area contributed by atoms with Crippen LogP contribution in [0.3, 0.4) is 0 Å². The Morgan fingerprint density at radius 1 is 1.19 bits per heavy atom. The van der Waals surface area contributed by atoms with Crippen molar-refractivity contribution in [1.29, 1.82) is 0 Å². The summed E-state index contributed by atoms with van der Waals surface area (Å²) in [6.45, 7) is 2.67. The SMILES string of the molecule is COc1cc(OC2OC(CO)C(O)C(O)C2O)c2c(O)c(C(=O)CCC[NH+]3C=CNC3)c(C)cc2c1. The number of aliphatic hydroxyl groups is 4. The number of aryl methyl sites for hydroxylation is 1. The van der Waals surface area contributed by atoms with E-state index in [1.807, 2.05) is 12.4 Å². The summed E-state index contributed by atoms with van der Waals surface area (Å²) in [7, 11) is 1.45. The Kier molecular flexibility index (Phi) is 7.98. The van der Waals surface area contributed by atoms with Gasteiger partial charge in [0.2, 0.25) is 6.29 Å². The summed E-state index contributed by atoms with van der Waals surface area (Å²) in [5, 5.41) is 55.2. The van der Waals surface area contributed by atoms with E-state index in [1.165, 1.54) is 18.1 Å². The molecular formula is C25H33N2O9+. The molecule has 1 fully saturated rings. The Hall–Kier alpha value is -2.93. The maximum atomic E-state index is 13.1. The highest BCUT2D eigenvalue weighted by molar-refractivity contribution is 6.08. The molecule has 0 bridgehead atoms. The van der Waals surface area contributed by atoms with Crippen molar-refractivity contribution in [3.8, 4) is 17.2 Å². The quantitative estimate of drug-likeness (QED) is 0.209. The van der Waals surface area contributed by atoms with Crippen molar-refractivity contribution >= 4 is 16.6 Å². The second kappa shape index (κ2) is 11.0. The lowest BCUT2D eigenvalue weighted by Crippen LogP contribution is -3.07. The number of rotatable bonds is 9. The number of phenols is 1. The predicted molar refractivity (Wildman–Crippen MR) is 128 cm³/mol. The number of quaternary nitrogens is 1. The fourth-order valence-corrected chi connectivity index (χ4v) is 4.65. The maximum absolute atomic E-state index is 13.1. The number of benzene rings is 2. The van der Waals surface area contributed by atoms with Gasteiger partial charge in [0.05, 0.1) is 37.4 Å². The molecule has 0 saturated carbocycles. The van der Waals surface area contributed by atoms with Crippen LogP contribution in [0.2, 0.25) is 0 Å². The molecule has 0 aliphatic carbocycles. The summed E-state index contributed by atoms with van der Waals surface area (Å²) in [5.74, 6) is -0.0578. The third kappa shape index (κ3) is 5.12. The van der Waals surface area contributed by atoms with Crippen molar-refractivity contribution in [2.45, 2.75) is 50.5 Å². The molecule has 2 heterocycles. The van der Waals surface area contributed by atoms with Crippen LogP contribution in [0.4, 0.5) is 0 Å². The number of phenolic OH excluding ortho intramolecular Hbond substituents is 1. The summed E-state index contributed by atoms with van der Waals surface area (Å²) >= 11 is 0. The van der Waals surface area contributed by atoms with Crippen molar-refractivity contribution < 1.29 is 49.4 Å². The predicted octanol–water partition coefficient (Wildman–Crippen LogP) is -1.08. The molecule has 0 amide bonds. The number of ketones is 1. The Morgan fingerprint density at radius 3 is 2.64 bits per heavy atom. The van der Waals surface area contributed by atoms with Crippen LogP contribution in [0.15, 0.2) is 30.6 Å². The first kappa shape index (κ1) is 26.1. The molecule has 7 N–H and O–H groups in total. The van der Waals surface area contributed by atoms with Gasteiger partial charge in [0.25, 0.3) is 0 Å². The summed E-state index contributed by atoms with van der Waals surface area (Å²) in [6, 6.07) is 4.87. The van der Waals surface area contributed by atoms with Crippen molar-refractivity contribution in [3.05, 3.63) is 41.7 Å². The normalized spacial score (nSPS) is 27.7. The van der Waals surface area contributed by atoms with Crippen LogP contribution in [-0.4, -0.2) is 89.0 Å². The second-order valence-electron chi connectivity index (χ2n) is 9.11. The molecule has 0 radical (unpaired) electrons. The van der Waals surface area contributed by atoms with Crippen molar-refractivity contribution in [2.24, 2.45) is 0 Å². The number of methoxy groups -OCH3 is 1. The second-order valence-corrected chi connectivity index (χ2v) is 9.11. The lowest BCUT2D eigenvalue weighted by Gasteiger charge is -2.39. The van der Waals surface area contributed by atoms with Crippen molar-refractivity contribution in [3.63, 3.8) is 0 Å². The Labute approximate surface area is 208 Å². The smallest absolute Gasteiger partial charge is 0.229 e. The molecule has 1 saturated heterocycles. The van der Waals surface area contributed by atoms with Gasteiger partial charge < -0.3 is 45.1 Å². The molecule has 0 aromatic heterocycles. The van der Waals surface area contributed by atoms with E-state index in [9.17, 15) is 30.3 Å². The molecule has 2 aromatic rings. The fraction of sp³-hybridized carbons (Fsp3) is 0.480. The highest BCUT2D eigenvalue weighted by Crippen LogP contribution is 2.42. The number of aromatic hydroxyl groups is 1. The third-order valence-electron chi connectivity index (χ3n) is 6.62. The van der Waals surface area contributed by atoms with E-state index in [-0.39, 0.29) is 34.7 Å². The van der Waals surface area contributed by atoms with E-state index < -0.39 is 37.3 Å². The maximum Gasteiger partial charge on any atom is 0.229 e. The molecule has 0 spiro atoms. The number of hydrogen-bond donors (Lipinski definition) is 7. The molecule has 11 heteroatoms. The molecule has 6 atom stereocenters. The molecule has 4 rings (SSSR count). The monoisotopic (exact) mass is 505 g/mol. The van der Waals surface area contributed by atoms with Crippen LogP contribution in [-0.2, 0) is 4.74 Å². The Balaban J connectivity index is 1.66. The molecule has 2 aliphatic rings. The third-order valence-corrected chi connectivity index (χ3v) is 6.62. The standard InChI is InChI=1S/C25H32N2O9/c1-13-8-14-9-15(34-2)10-17(35-25-24(33)23(32)21(30)18(11-28)36-25)20(14)22(31)19(13)16(29)4-3-6-27-7-5-26-12-27/h5,7-10,18,21,23-26,28,30-33H,3-4,6,11-12H2,1-2H3/p+1. The van der Waals surface area contributed by atoms with Crippen LogP contribution >= 0.6 is 0 Å². The largest absolute Gasteiger partial charge is 0.506 e. The minimum atomic E-state index is -1.64. The number of aliphatic hydroxyl groups excluding tert-OH is 4. The minimum absolute atomic E-state index is 0.0398. The number of fused-ring (bicyclic) bond motifs is 1. The minimum Gasteiger partial charge on any atom is -0.506 e. The Bertz CT molecular complexity index is 1140. The summed E-state index contributed by atoms with van der Waals surface area (Å²) in [5.41, 5.74) is 0.767. The summed E-state index contributed by atoms with van der Waals surface area (Å²) in [6.07, 6.45) is -2.70. The number of nitrogens with one attached hydrogen (secondary N) is 2. The van der Waals surface area contributed by atoms with Crippen LogP contribution in [0.25, 0.3) is 10.8 Å². The number of hydrogen-bond acceptors (Lipinski definition) is 10. The van der Waals surface area contributed by atoms with Gasteiger partial charge in [-0.15, -0.1) is 0 Å². The first-order chi connectivity index (χ1) is 17.2. The van der Waals surface area contributed by atoms with Gasteiger partial charge in [0, 0.05) is 18.9 Å². The zero-order valence-corrected chi connectivity index (χ0v) is 20.2. The highest BCUT2D eigenvalue weighted by atomic mass is 16.7. The van der Waals surface area contributed by atoms with Gasteiger partial charge in [-0.1, -0.05) is 6.07 Å². The van der Waals surface area contributed by atoms with Crippen LogP contribution in [0.5, 0.6) is 17.2 Å². The van der Waals surface area contributed by atoms with E-state index in [1.54, 1.807) is 19.1 Å². The van der Waals surface area contributed by atoms with Crippen molar-refractivity contribution in [2.75, 3.05) is 26.9 Å². The zero-order chi connectivity index (χ0) is 26.0. The zero-order valence-electron chi connectivity index (χ0n) is 20.2. The average molecular weight is 506 g/mol. The van der Waals surface area contributed by atoms with Gasteiger partial charge in [-0.05, 0) is 23.9 Å². The first-order valence-corrected chi connectivity index (χ1v) is 11.8. The van der Waals surface area contributed by atoms with Crippen LogP contribution < -0.4 is 19.7 Å². The van der Waals surface area contributed by atoms with Crippen LogP contribution in [0.1, 0.15) is 28.8 Å². The fourth-order valence-electron chi connectivity index (χ4n) is 4.65. The lowest BCUT2D eigenvalue weighted by atomic mass is 9.94. The molecular weight excluding hydrogens is 472 g/mol. The van der Waals surface area contributed by atoms with E-state index in [0.29, 0.717) is 23.1 Å². The van der Waals surface area contributed by atoms with Gasteiger partial charge >= 0.3 is 0 Å². The van der Waals surface area contributed by atoms with Crippen LogP contribution in [0, 0.1) is 6.92 Å². The number of Topliss-reactive ketones (excluding diaryl/α,β-unsaturated/α-hetero) is 1. The van der Waals surface area contributed by atoms with E-state index in [4.69, 9.17) is 14.2 Å². The summed E-state index contributed by atoms with van der Waals surface area (Å²) < 4.78 is 16.7. The number of carbonyl (C=O) groups excluding carboxylic acids is 1. The molecule has 11 nitrogen and oxygen atoms in total. The molecule has 2 aliphatic heterocycles.